The number of methoxy groups -OCH3 is 1. The normalized spacial score (nSPS) is 10.5. The summed E-state index contributed by atoms with van der Waals surface area (Å²) in [6, 6.07) is 10.6. The van der Waals surface area contributed by atoms with Gasteiger partial charge in [-0.2, -0.15) is 5.10 Å². The lowest BCUT2D eigenvalue weighted by molar-refractivity contribution is 0.373. The third-order valence-corrected chi connectivity index (χ3v) is 2.88. The Hall–Kier alpha value is -2.67. The van der Waals surface area contributed by atoms with E-state index >= 15 is 0 Å². The van der Waals surface area contributed by atoms with Gasteiger partial charge in [0.15, 0.2) is 16.6 Å². The van der Waals surface area contributed by atoms with Crippen LogP contribution in [-0.2, 0) is 0 Å². The summed E-state index contributed by atoms with van der Waals surface area (Å²) in [4.78, 5) is 0. The Morgan fingerprint density at radius 2 is 2.00 bits per heavy atom. The molecule has 0 saturated heterocycles. The fraction of sp³-hybridized carbons (Fsp3) is 0.0667. The maximum absolute atomic E-state index is 12.8. The van der Waals surface area contributed by atoms with E-state index in [9.17, 15) is 9.50 Å². The molecule has 0 aliphatic rings. The highest BCUT2D eigenvalue weighted by Crippen LogP contribution is 2.25. The molecule has 0 atom stereocenters. The van der Waals surface area contributed by atoms with Gasteiger partial charge in [0, 0.05) is 5.69 Å². The minimum absolute atomic E-state index is 0.0566. The molecule has 0 bridgehead atoms. The van der Waals surface area contributed by atoms with E-state index in [1.54, 1.807) is 24.3 Å². The molecule has 0 spiro atoms. The molecule has 2 aromatic rings. The summed E-state index contributed by atoms with van der Waals surface area (Å²) < 4.78 is 17.8. The molecule has 3 N–H and O–H groups in total. The smallest absolute Gasteiger partial charge is 0.191 e. The molecule has 0 aromatic heterocycles. The average molecular weight is 319 g/mol. The van der Waals surface area contributed by atoms with E-state index in [0.717, 1.165) is 5.56 Å². The van der Waals surface area contributed by atoms with E-state index < -0.39 is 0 Å². The van der Waals surface area contributed by atoms with Gasteiger partial charge in [0.05, 0.1) is 13.3 Å². The summed E-state index contributed by atoms with van der Waals surface area (Å²) in [5, 5.41) is 16.6. The van der Waals surface area contributed by atoms with Gasteiger partial charge < -0.3 is 15.2 Å². The van der Waals surface area contributed by atoms with Crippen LogP contribution < -0.4 is 15.5 Å². The van der Waals surface area contributed by atoms with Gasteiger partial charge in [-0.25, -0.2) is 4.39 Å². The second-order valence-electron chi connectivity index (χ2n) is 4.26. The van der Waals surface area contributed by atoms with Crippen molar-refractivity contribution < 1.29 is 14.2 Å². The molecular weight excluding hydrogens is 305 g/mol. The summed E-state index contributed by atoms with van der Waals surface area (Å²) >= 11 is 5.06. The molecule has 0 aliphatic carbocycles. The molecule has 7 heteroatoms. The molecular formula is C15H14FN3O2S. The first-order valence-electron chi connectivity index (χ1n) is 6.31. The number of nitrogens with one attached hydrogen (secondary N) is 2. The number of aromatic hydroxyl groups is 1. The monoisotopic (exact) mass is 319 g/mol. The predicted octanol–water partition coefficient (Wildman–Crippen LogP) is 2.86. The largest absolute Gasteiger partial charge is 0.504 e. The number of thiocarbonyl (C=S) groups is 1. The Labute approximate surface area is 132 Å². The number of rotatable bonds is 4. The van der Waals surface area contributed by atoms with Crippen molar-refractivity contribution in [3.8, 4) is 11.5 Å². The van der Waals surface area contributed by atoms with Crippen LogP contribution in [0.15, 0.2) is 47.6 Å². The molecule has 0 unspecified atom stereocenters. The van der Waals surface area contributed by atoms with Gasteiger partial charge in [0.2, 0.25) is 0 Å². The van der Waals surface area contributed by atoms with Crippen molar-refractivity contribution in [1.82, 2.24) is 5.43 Å². The number of hydrogen-bond acceptors (Lipinski definition) is 4. The minimum Gasteiger partial charge on any atom is -0.504 e. The highest BCUT2D eigenvalue weighted by Gasteiger charge is 2.01. The number of phenolic OH excluding ortho intramolecular Hbond substituents is 1. The summed E-state index contributed by atoms with van der Waals surface area (Å²) in [6.45, 7) is 0. The third-order valence-electron chi connectivity index (χ3n) is 2.69. The zero-order valence-corrected chi connectivity index (χ0v) is 12.5. The fourth-order valence-electron chi connectivity index (χ4n) is 1.63. The highest BCUT2D eigenvalue weighted by molar-refractivity contribution is 7.80. The van der Waals surface area contributed by atoms with Gasteiger partial charge >= 0.3 is 0 Å². The minimum atomic E-state index is -0.316. The number of halogens is 1. The van der Waals surface area contributed by atoms with Crippen molar-refractivity contribution >= 4 is 29.2 Å². The van der Waals surface area contributed by atoms with Crippen LogP contribution in [-0.4, -0.2) is 23.5 Å². The first-order valence-corrected chi connectivity index (χ1v) is 6.72. The fourth-order valence-corrected chi connectivity index (χ4v) is 1.80. The number of nitrogens with zero attached hydrogens (tertiary/aromatic N) is 1. The van der Waals surface area contributed by atoms with E-state index in [1.807, 2.05) is 0 Å². The average Bonchev–Trinajstić information content (AvgIpc) is 2.51. The first kappa shape index (κ1) is 15.7. The molecule has 5 nitrogen and oxygen atoms in total. The van der Waals surface area contributed by atoms with E-state index in [-0.39, 0.29) is 16.7 Å². The van der Waals surface area contributed by atoms with Gasteiger partial charge in [-0.3, -0.25) is 5.43 Å². The molecule has 22 heavy (non-hydrogen) atoms. The van der Waals surface area contributed by atoms with Crippen LogP contribution in [0.4, 0.5) is 10.1 Å². The summed E-state index contributed by atoms with van der Waals surface area (Å²) in [5.74, 6) is 0.0980. The molecule has 0 heterocycles. The SMILES string of the molecule is COc1cc(C=NNC(=S)Nc2ccc(F)cc2)ccc1O. The second-order valence-corrected chi connectivity index (χ2v) is 4.67. The van der Waals surface area contributed by atoms with Gasteiger partial charge in [-0.05, 0) is 60.2 Å². The summed E-state index contributed by atoms with van der Waals surface area (Å²) in [7, 11) is 1.47. The zero-order valence-electron chi connectivity index (χ0n) is 11.7. The van der Waals surface area contributed by atoms with Crippen molar-refractivity contribution in [2.75, 3.05) is 12.4 Å². The van der Waals surface area contributed by atoms with E-state index in [4.69, 9.17) is 17.0 Å². The van der Waals surface area contributed by atoms with Crippen molar-refractivity contribution in [3.05, 3.63) is 53.8 Å². The highest BCUT2D eigenvalue weighted by atomic mass is 32.1. The lowest BCUT2D eigenvalue weighted by Gasteiger charge is -2.07. The van der Waals surface area contributed by atoms with Gasteiger partial charge in [-0.1, -0.05) is 0 Å². The van der Waals surface area contributed by atoms with Crippen molar-refractivity contribution in [2.24, 2.45) is 5.10 Å². The lowest BCUT2D eigenvalue weighted by atomic mass is 10.2. The Balaban J connectivity index is 1.91. The van der Waals surface area contributed by atoms with E-state index in [0.29, 0.717) is 11.4 Å². The van der Waals surface area contributed by atoms with Crippen molar-refractivity contribution in [3.63, 3.8) is 0 Å². The Morgan fingerprint density at radius 3 is 2.68 bits per heavy atom. The molecule has 0 radical (unpaired) electrons. The number of anilines is 1. The van der Waals surface area contributed by atoms with Crippen LogP contribution in [0.3, 0.4) is 0 Å². The second kappa shape index (κ2) is 7.37. The zero-order chi connectivity index (χ0) is 15.9. The maximum atomic E-state index is 12.8. The molecule has 0 amide bonds. The Kier molecular flexibility index (Phi) is 5.26. The number of hydrazone groups is 1. The summed E-state index contributed by atoms with van der Waals surface area (Å²) in [6.07, 6.45) is 1.53. The quantitative estimate of drug-likeness (QED) is 0.459. The molecule has 0 aliphatic heterocycles. The lowest BCUT2D eigenvalue weighted by Crippen LogP contribution is -2.23. The summed E-state index contributed by atoms with van der Waals surface area (Å²) in [5.41, 5.74) is 4.02. The molecule has 2 rings (SSSR count). The van der Waals surface area contributed by atoms with Crippen LogP contribution in [0.5, 0.6) is 11.5 Å². The number of benzene rings is 2. The molecule has 0 saturated carbocycles. The van der Waals surface area contributed by atoms with Crippen LogP contribution in [0.1, 0.15) is 5.56 Å². The van der Waals surface area contributed by atoms with Crippen LogP contribution in [0.2, 0.25) is 0 Å². The standard InChI is InChI=1S/C15H14FN3O2S/c1-21-14-8-10(2-7-13(14)20)9-17-19-15(22)18-12-5-3-11(16)4-6-12/h2-9,20H,1H3,(H2,18,19,22). The Bertz CT molecular complexity index is 690. The Morgan fingerprint density at radius 1 is 1.27 bits per heavy atom. The van der Waals surface area contributed by atoms with Gasteiger partial charge in [0.25, 0.3) is 0 Å². The predicted molar refractivity (Wildman–Crippen MR) is 88.0 cm³/mol. The topological polar surface area (TPSA) is 65.9 Å². The number of phenols is 1. The van der Waals surface area contributed by atoms with Crippen molar-refractivity contribution in [1.29, 1.82) is 0 Å². The van der Waals surface area contributed by atoms with E-state index in [1.165, 1.54) is 31.5 Å². The van der Waals surface area contributed by atoms with Crippen LogP contribution >= 0.6 is 12.2 Å². The van der Waals surface area contributed by atoms with Gasteiger partial charge in [-0.15, -0.1) is 0 Å². The maximum Gasteiger partial charge on any atom is 0.191 e. The van der Waals surface area contributed by atoms with Crippen molar-refractivity contribution in [2.45, 2.75) is 0 Å². The molecule has 114 valence electrons. The van der Waals surface area contributed by atoms with Crippen LogP contribution in [0, 0.1) is 5.82 Å². The first-order chi connectivity index (χ1) is 10.6. The van der Waals surface area contributed by atoms with E-state index in [2.05, 4.69) is 15.8 Å². The molecule has 2 aromatic carbocycles. The number of hydrogen-bond donors (Lipinski definition) is 3. The third kappa shape index (κ3) is 4.42. The molecule has 0 fully saturated rings. The number of ether oxygens (including phenoxy) is 1. The van der Waals surface area contributed by atoms with Crippen LogP contribution in [0.25, 0.3) is 0 Å². The van der Waals surface area contributed by atoms with Gasteiger partial charge in [0.1, 0.15) is 5.82 Å².